The molecule has 0 saturated heterocycles. The van der Waals surface area contributed by atoms with Crippen LogP contribution in [0.2, 0.25) is 0 Å². The molecule has 11 heavy (non-hydrogen) atoms. The van der Waals surface area contributed by atoms with Crippen molar-refractivity contribution in [2.75, 3.05) is 6.54 Å². The van der Waals surface area contributed by atoms with E-state index in [1.165, 1.54) is 3.51 Å². The molecule has 0 unspecified atom stereocenters. The lowest BCUT2D eigenvalue weighted by Crippen LogP contribution is -1.92. The summed E-state index contributed by atoms with van der Waals surface area (Å²) in [4.78, 5) is 4.29. The molecule has 0 aromatic carbocycles. The zero-order valence-corrected chi connectivity index (χ0v) is 8.78. The molecule has 0 aromatic rings. The molecule has 0 radical (unpaired) electrons. The Hall–Kier alpha value is -0.250. The van der Waals surface area contributed by atoms with Crippen molar-refractivity contribution in [3.8, 4) is 0 Å². The lowest BCUT2D eigenvalue weighted by Gasteiger charge is -1.93. The van der Waals surface area contributed by atoms with Crippen LogP contribution in [0.3, 0.4) is 0 Å². The summed E-state index contributed by atoms with van der Waals surface area (Å²) in [5.41, 5.74) is 0. The van der Waals surface area contributed by atoms with Gasteiger partial charge in [-0.1, -0.05) is 39.8 Å². The molecule has 60 valence electrons. The highest BCUT2D eigenvalue weighted by molar-refractivity contribution is 14.2. The molecule has 1 rings (SSSR count). The van der Waals surface area contributed by atoms with E-state index >= 15 is 0 Å². The number of halogens is 1. The van der Waals surface area contributed by atoms with Crippen LogP contribution in [0.15, 0.2) is 27.3 Å². The summed E-state index contributed by atoms with van der Waals surface area (Å²) in [6, 6.07) is 0. The smallest absolute Gasteiger partial charge is 0.0387 e. The van der Waals surface area contributed by atoms with Crippen LogP contribution in [0.4, 0.5) is 0 Å². The van der Waals surface area contributed by atoms with Crippen LogP contribution >= 0.6 is 20.7 Å². The van der Waals surface area contributed by atoms with E-state index in [2.05, 4.69) is 34.2 Å². The van der Waals surface area contributed by atoms with Crippen LogP contribution < -0.4 is 0 Å². The maximum Gasteiger partial charge on any atom is 0.0387 e. The third kappa shape index (κ3) is 3.60. The van der Waals surface area contributed by atoms with Crippen molar-refractivity contribution < 1.29 is 0 Å². The van der Waals surface area contributed by atoms with Gasteiger partial charge in [-0.2, -0.15) is 0 Å². The largest absolute Gasteiger partial charge is 0.292 e. The van der Waals surface area contributed by atoms with Gasteiger partial charge in [-0.25, -0.2) is 0 Å². The Morgan fingerprint density at radius 2 is 2.45 bits per heavy atom. The molecule has 0 bridgehead atoms. The van der Waals surface area contributed by atoms with E-state index in [-0.39, 0.29) is 20.7 Å². The summed E-state index contributed by atoms with van der Waals surface area (Å²) in [6.07, 6.45) is 9.52. The molecule has 1 aliphatic rings. The van der Waals surface area contributed by atoms with Crippen LogP contribution in [0.5, 0.6) is 0 Å². The Balaban J connectivity index is 2.43. The number of hydrogen-bond acceptors (Lipinski definition) is 1. The van der Waals surface area contributed by atoms with Gasteiger partial charge in [-0.15, -0.1) is 0 Å². The van der Waals surface area contributed by atoms with Gasteiger partial charge in [-0.3, -0.25) is 4.99 Å². The van der Waals surface area contributed by atoms with E-state index < -0.39 is 0 Å². The Kier molecular flexibility index (Phi) is 4.35. The minimum absolute atomic E-state index is 0.131. The average molecular weight is 261 g/mol. The molecule has 1 heterocycles. The molecule has 2 heteroatoms. The molecule has 0 N–H and O–H groups in total. The molecule has 0 atom stereocenters. The van der Waals surface area contributed by atoms with Gasteiger partial charge < -0.3 is 0 Å². The van der Waals surface area contributed by atoms with Gasteiger partial charge in [0.15, 0.2) is 0 Å². The zero-order chi connectivity index (χ0) is 7.94. The molecule has 1 aliphatic heterocycles. The lowest BCUT2D eigenvalue weighted by atomic mass is 10.4. The summed E-state index contributed by atoms with van der Waals surface area (Å²) < 4.78 is 3.67. The first kappa shape index (κ1) is 8.84. The third-order valence-corrected chi connectivity index (χ3v) is 3.33. The normalized spacial score (nSPS) is 16.6. The fourth-order valence-corrected chi connectivity index (χ4v) is 2.32. The van der Waals surface area contributed by atoms with E-state index in [1.807, 2.05) is 6.21 Å². The topological polar surface area (TPSA) is 12.4 Å². The quantitative estimate of drug-likeness (QED) is 0.547. The van der Waals surface area contributed by atoms with Crippen molar-refractivity contribution in [3.63, 3.8) is 0 Å². The van der Waals surface area contributed by atoms with Gasteiger partial charge in [0.2, 0.25) is 0 Å². The highest BCUT2D eigenvalue weighted by Gasteiger charge is 1.87. The van der Waals surface area contributed by atoms with Crippen LogP contribution in [0, 0.1) is 0 Å². The molecule has 0 spiro atoms. The number of nitrogens with zero attached hydrogens (tertiary/aromatic N) is 1. The molecule has 0 fully saturated rings. The number of hydrogen-bond donors (Lipinski definition) is 0. The van der Waals surface area contributed by atoms with E-state index in [9.17, 15) is 0 Å². The van der Waals surface area contributed by atoms with Crippen LogP contribution in [0.1, 0.15) is 13.3 Å². The van der Waals surface area contributed by atoms with Crippen molar-refractivity contribution in [3.05, 3.63) is 22.3 Å². The van der Waals surface area contributed by atoms with Crippen LogP contribution in [-0.4, -0.2) is 16.3 Å². The Morgan fingerprint density at radius 3 is 3.09 bits per heavy atom. The van der Waals surface area contributed by atoms with Crippen molar-refractivity contribution in [1.82, 2.24) is 0 Å². The first-order valence-electron chi connectivity index (χ1n) is 3.77. The predicted molar refractivity (Wildman–Crippen MR) is 61.0 cm³/mol. The fourth-order valence-electron chi connectivity index (χ4n) is 0.687. The van der Waals surface area contributed by atoms with E-state index in [0.29, 0.717) is 0 Å². The minimum atomic E-state index is 0.131. The SMILES string of the molecule is CCCN=CC1=IC=CC=C1. The van der Waals surface area contributed by atoms with Gasteiger partial charge in [0.05, 0.1) is 0 Å². The summed E-state index contributed by atoms with van der Waals surface area (Å²) in [6.45, 7) is 3.11. The maximum atomic E-state index is 4.29. The molecule has 0 aromatic heterocycles. The first-order chi connectivity index (χ1) is 5.43. The van der Waals surface area contributed by atoms with Gasteiger partial charge >= 0.3 is 0 Å². The highest BCUT2D eigenvalue weighted by atomic mass is 127. The second-order valence-corrected chi connectivity index (χ2v) is 4.79. The molecule has 1 nitrogen and oxygen atoms in total. The molecule has 0 amide bonds. The molecular weight excluding hydrogens is 249 g/mol. The number of allylic oxidation sites excluding steroid dienone is 3. The standard InChI is InChI=1S/C9H12IN/c1-2-7-11-8-9-5-3-4-6-10-9/h3-6,8H,2,7H2,1H3. The van der Waals surface area contributed by atoms with Crippen molar-refractivity contribution in [1.29, 1.82) is 0 Å². The fraction of sp³-hybridized carbons (Fsp3) is 0.333. The Morgan fingerprint density at radius 1 is 1.55 bits per heavy atom. The summed E-state index contributed by atoms with van der Waals surface area (Å²) in [5, 5.41) is 0. The highest BCUT2D eigenvalue weighted by Crippen LogP contribution is 2.07. The summed E-state index contributed by atoms with van der Waals surface area (Å²) in [5.74, 6) is 0. The van der Waals surface area contributed by atoms with E-state index in [4.69, 9.17) is 0 Å². The van der Waals surface area contributed by atoms with Crippen molar-refractivity contribution in [2.45, 2.75) is 13.3 Å². The van der Waals surface area contributed by atoms with Gasteiger partial charge in [0.25, 0.3) is 0 Å². The second kappa shape index (κ2) is 5.41. The summed E-state index contributed by atoms with van der Waals surface area (Å²) in [7, 11) is 0. The van der Waals surface area contributed by atoms with E-state index in [0.717, 1.165) is 13.0 Å². The lowest BCUT2D eigenvalue weighted by molar-refractivity contribution is 0.938. The average Bonchev–Trinajstić information content (AvgIpc) is 2.07. The number of aliphatic imine (C=N–C) groups is 1. The van der Waals surface area contributed by atoms with Crippen LogP contribution in [0.25, 0.3) is 0 Å². The predicted octanol–water partition coefficient (Wildman–Crippen LogP) is 2.69. The maximum absolute atomic E-state index is 4.29. The van der Waals surface area contributed by atoms with Crippen LogP contribution in [-0.2, 0) is 0 Å². The van der Waals surface area contributed by atoms with Gasteiger partial charge in [-0.05, 0) is 16.6 Å². The second-order valence-electron chi connectivity index (χ2n) is 2.21. The molecule has 0 saturated carbocycles. The molecule has 0 aliphatic carbocycles. The Bertz CT molecular complexity index is 224. The summed E-state index contributed by atoms with van der Waals surface area (Å²) >= 11 is 0.131. The molecular formula is C9H12IN. The van der Waals surface area contributed by atoms with Crippen molar-refractivity contribution >= 4 is 30.5 Å². The van der Waals surface area contributed by atoms with Gasteiger partial charge in [0.1, 0.15) is 0 Å². The third-order valence-electron chi connectivity index (χ3n) is 1.20. The van der Waals surface area contributed by atoms with Crippen molar-refractivity contribution in [2.24, 2.45) is 4.99 Å². The number of rotatable bonds is 3. The first-order valence-corrected chi connectivity index (χ1v) is 6.09. The Labute approximate surface area is 77.7 Å². The van der Waals surface area contributed by atoms with E-state index in [1.54, 1.807) is 0 Å². The monoisotopic (exact) mass is 261 g/mol. The van der Waals surface area contributed by atoms with Gasteiger partial charge in [0, 0.05) is 16.3 Å². The minimum Gasteiger partial charge on any atom is -0.292 e. The zero-order valence-electron chi connectivity index (χ0n) is 6.63.